The van der Waals surface area contributed by atoms with E-state index in [0.717, 1.165) is 18.5 Å². The van der Waals surface area contributed by atoms with Crippen LogP contribution in [0.3, 0.4) is 0 Å². The third kappa shape index (κ3) is 3.72. The Bertz CT molecular complexity index is 689. The van der Waals surface area contributed by atoms with Crippen LogP contribution in [0.25, 0.3) is 0 Å². The van der Waals surface area contributed by atoms with Gasteiger partial charge >= 0.3 is 6.03 Å². The topological polar surface area (TPSA) is 58.1 Å². The third-order valence-corrected chi connectivity index (χ3v) is 4.71. The minimum atomic E-state index is -0.0748. The molecule has 2 amide bonds. The van der Waals surface area contributed by atoms with E-state index >= 15 is 0 Å². The van der Waals surface area contributed by atoms with Crippen molar-refractivity contribution in [3.8, 4) is 0 Å². The van der Waals surface area contributed by atoms with Crippen molar-refractivity contribution in [1.82, 2.24) is 20.2 Å². The molecular weight excluding hydrogens is 300 g/mol. The van der Waals surface area contributed by atoms with Crippen molar-refractivity contribution >= 4 is 6.03 Å². The van der Waals surface area contributed by atoms with Gasteiger partial charge in [0.1, 0.15) is 0 Å². The van der Waals surface area contributed by atoms with Gasteiger partial charge in [-0.3, -0.25) is 9.97 Å². The molecule has 1 aliphatic carbocycles. The normalized spacial score (nSPS) is 19.9. The Morgan fingerprint density at radius 1 is 1.33 bits per heavy atom. The van der Waals surface area contributed by atoms with Crippen LogP contribution >= 0.6 is 0 Å². The highest BCUT2D eigenvalue weighted by atomic mass is 16.2. The lowest BCUT2D eigenvalue weighted by atomic mass is 9.92. The van der Waals surface area contributed by atoms with Gasteiger partial charge in [0.15, 0.2) is 0 Å². The molecule has 0 spiro atoms. The summed E-state index contributed by atoms with van der Waals surface area (Å²) in [7, 11) is 1.79. The second-order valence-corrected chi connectivity index (χ2v) is 6.55. The number of hydrogen-bond donors (Lipinski definition) is 1. The molecule has 1 N–H and O–H groups in total. The first-order chi connectivity index (χ1) is 11.6. The molecule has 1 aromatic carbocycles. The predicted octanol–water partition coefficient (Wildman–Crippen LogP) is 3.33. The molecule has 126 valence electrons. The number of hydrogen-bond acceptors (Lipinski definition) is 3. The van der Waals surface area contributed by atoms with E-state index in [1.807, 2.05) is 0 Å². The van der Waals surface area contributed by atoms with E-state index in [1.165, 1.54) is 17.5 Å². The van der Waals surface area contributed by atoms with Crippen molar-refractivity contribution in [3.63, 3.8) is 0 Å². The number of carbonyl (C=O) groups excluding carboxylic acids is 1. The summed E-state index contributed by atoms with van der Waals surface area (Å²) in [6.45, 7) is 2.66. The van der Waals surface area contributed by atoms with Gasteiger partial charge in [0, 0.05) is 19.4 Å². The summed E-state index contributed by atoms with van der Waals surface area (Å²) in [6.07, 6.45) is 8.33. The first-order valence-electron chi connectivity index (χ1n) is 8.49. The van der Waals surface area contributed by atoms with Gasteiger partial charge in [0.2, 0.25) is 0 Å². The van der Waals surface area contributed by atoms with Gasteiger partial charge in [0.25, 0.3) is 0 Å². The number of aromatic nitrogens is 2. The van der Waals surface area contributed by atoms with Crippen molar-refractivity contribution in [2.45, 2.75) is 38.8 Å². The van der Waals surface area contributed by atoms with E-state index in [1.54, 1.807) is 30.5 Å². The van der Waals surface area contributed by atoms with Gasteiger partial charge in [-0.05, 0) is 36.3 Å². The largest absolute Gasteiger partial charge is 0.331 e. The second-order valence-electron chi connectivity index (χ2n) is 6.55. The maximum atomic E-state index is 12.6. The molecule has 5 heteroatoms. The summed E-state index contributed by atoms with van der Waals surface area (Å²) in [5, 5.41) is 3.22. The van der Waals surface area contributed by atoms with Crippen LogP contribution in [0.1, 0.15) is 42.6 Å². The summed E-state index contributed by atoms with van der Waals surface area (Å²) in [4.78, 5) is 22.6. The maximum Gasteiger partial charge on any atom is 0.317 e. The van der Waals surface area contributed by atoms with Crippen LogP contribution in [0.5, 0.6) is 0 Å². The van der Waals surface area contributed by atoms with E-state index in [0.29, 0.717) is 12.5 Å². The standard InChI is InChI=1S/C19H24N4O/c1-14-6-5-8-15-7-3-4-9-17(15)18(14)22-19(24)23(2)13-16-12-20-10-11-21-16/h3-4,7,9-12,14,18H,5-6,8,13H2,1-2H3,(H,22,24)/t14-,18-/m1/s1. The van der Waals surface area contributed by atoms with Crippen LogP contribution < -0.4 is 5.32 Å². The molecule has 1 aliphatic rings. The SMILES string of the molecule is C[C@@H]1CCCc2ccccc2[C@@H]1NC(=O)N(C)Cc1cnccn1. The number of carbonyl (C=O) groups is 1. The van der Waals surface area contributed by atoms with Crippen LogP contribution in [-0.4, -0.2) is 27.9 Å². The van der Waals surface area contributed by atoms with Crippen molar-refractivity contribution in [2.75, 3.05) is 7.05 Å². The second kappa shape index (κ2) is 7.43. The summed E-state index contributed by atoms with van der Waals surface area (Å²) >= 11 is 0. The fourth-order valence-corrected chi connectivity index (χ4v) is 3.34. The van der Waals surface area contributed by atoms with Crippen LogP contribution in [0.4, 0.5) is 4.79 Å². The minimum Gasteiger partial charge on any atom is -0.331 e. The number of aryl methyl sites for hydroxylation is 1. The van der Waals surface area contributed by atoms with Crippen LogP contribution in [0.15, 0.2) is 42.9 Å². The van der Waals surface area contributed by atoms with Gasteiger partial charge in [0.05, 0.1) is 24.5 Å². The molecule has 0 unspecified atom stereocenters. The Balaban J connectivity index is 1.73. The first-order valence-corrected chi connectivity index (χ1v) is 8.49. The van der Waals surface area contributed by atoms with E-state index in [4.69, 9.17) is 0 Å². The summed E-state index contributed by atoms with van der Waals surface area (Å²) in [5.74, 6) is 0.419. The van der Waals surface area contributed by atoms with Crippen LogP contribution in [-0.2, 0) is 13.0 Å². The number of rotatable bonds is 3. The highest BCUT2D eigenvalue weighted by Crippen LogP contribution is 2.33. The quantitative estimate of drug-likeness (QED) is 0.881. The summed E-state index contributed by atoms with van der Waals surface area (Å²) < 4.78 is 0. The average molecular weight is 324 g/mol. The van der Waals surface area contributed by atoms with Gasteiger partial charge in [-0.15, -0.1) is 0 Å². The number of amides is 2. The molecule has 2 atom stereocenters. The van der Waals surface area contributed by atoms with Crippen LogP contribution in [0, 0.1) is 5.92 Å². The Hall–Kier alpha value is -2.43. The molecule has 0 radical (unpaired) electrons. The molecule has 5 nitrogen and oxygen atoms in total. The molecule has 0 saturated carbocycles. The van der Waals surface area contributed by atoms with Gasteiger partial charge in [-0.1, -0.05) is 31.2 Å². The fourth-order valence-electron chi connectivity index (χ4n) is 3.34. The molecule has 3 rings (SSSR count). The number of benzene rings is 1. The zero-order valence-electron chi connectivity index (χ0n) is 14.3. The highest BCUT2D eigenvalue weighted by molar-refractivity contribution is 5.74. The summed E-state index contributed by atoms with van der Waals surface area (Å²) in [5.41, 5.74) is 3.39. The van der Waals surface area contributed by atoms with Gasteiger partial charge in [-0.25, -0.2) is 4.79 Å². The Kier molecular flexibility index (Phi) is 5.08. The zero-order chi connectivity index (χ0) is 16.9. The lowest BCUT2D eigenvalue weighted by Gasteiger charge is -2.27. The van der Waals surface area contributed by atoms with Crippen molar-refractivity contribution in [1.29, 1.82) is 0 Å². The van der Waals surface area contributed by atoms with E-state index in [-0.39, 0.29) is 12.1 Å². The van der Waals surface area contributed by atoms with Crippen molar-refractivity contribution in [3.05, 3.63) is 59.7 Å². The minimum absolute atomic E-state index is 0.0560. The molecule has 1 aromatic heterocycles. The van der Waals surface area contributed by atoms with Crippen LogP contribution in [0.2, 0.25) is 0 Å². The molecule has 0 fully saturated rings. The lowest BCUT2D eigenvalue weighted by molar-refractivity contribution is 0.197. The smallest absolute Gasteiger partial charge is 0.317 e. The van der Waals surface area contributed by atoms with Gasteiger partial charge in [-0.2, -0.15) is 0 Å². The number of fused-ring (bicyclic) bond motifs is 1. The third-order valence-electron chi connectivity index (χ3n) is 4.71. The van der Waals surface area contributed by atoms with E-state index in [9.17, 15) is 4.79 Å². The maximum absolute atomic E-state index is 12.6. The molecule has 1 heterocycles. The zero-order valence-corrected chi connectivity index (χ0v) is 14.3. The first kappa shape index (κ1) is 16.4. The van der Waals surface area contributed by atoms with Crippen molar-refractivity contribution in [2.24, 2.45) is 5.92 Å². The summed E-state index contributed by atoms with van der Waals surface area (Å²) in [6, 6.07) is 8.43. The van der Waals surface area contributed by atoms with E-state index in [2.05, 4.69) is 46.5 Å². The lowest BCUT2D eigenvalue weighted by Crippen LogP contribution is -2.41. The van der Waals surface area contributed by atoms with E-state index < -0.39 is 0 Å². The number of nitrogens with one attached hydrogen (secondary N) is 1. The number of nitrogens with zero attached hydrogens (tertiary/aromatic N) is 3. The van der Waals surface area contributed by atoms with Gasteiger partial charge < -0.3 is 10.2 Å². The predicted molar refractivity (Wildman–Crippen MR) is 93.3 cm³/mol. The Labute approximate surface area is 143 Å². The monoisotopic (exact) mass is 324 g/mol. The molecule has 0 saturated heterocycles. The fraction of sp³-hybridized carbons (Fsp3) is 0.421. The molecule has 0 bridgehead atoms. The van der Waals surface area contributed by atoms with Crippen molar-refractivity contribution < 1.29 is 4.79 Å². The number of urea groups is 1. The Morgan fingerprint density at radius 3 is 2.96 bits per heavy atom. The molecule has 2 aromatic rings. The molecule has 0 aliphatic heterocycles. The highest BCUT2D eigenvalue weighted by Gasteiger charge is 2.27. The average Bonchev–Trinajstić information content (AvgIpc) is 2.75. The molecule has 24 heavy (non-hydrogen) atoms. The Morgan fingerprint density at radius 2 is 2.17 bits per heavy atom. The molecular formula is C19H24N4O.